The van der Waals surface area contributed by atoms with Gasteiger partial charge in [-0.05, 0) is 17.4 Å². The summed E-state index contributed by atoms with van der Waals surface area (Å²) < 4.78 is 0. The number of nitrogens with zero attached hydrogens (tertiary/aromatic N) is 1. The standard InChI is InChI=1S/C11H18N4O3/c1-2-3-4-8(7-12)13-11(16)9-5-6-10(14-9)15(17)18/h5-6,8,14H,2-4,7,12H2,1H3,(H,13,16). The molecule has 7 nitrogen and oxygen atoms in total. The quantitative estimate of drug-likeness (QED) is 0.500. The van der Waals surface area contributed by atoms with Gasteiger partial charge in [-0.25, -0.2) is 4.98 Å². The van der Waals surface area contributed by atoms with Gasteiger partial charge in [0.25, 0.3) is 5.91 Å². The van der Waals surface area contributed by atoms with Gasteiger partial charge in [-0.1, -0.05) is 19.8 Å². The second kappa shape index (κ2) is 6.75. The fraction of sp³-hybridized carbons (Fsp3) is 0.545. The first kappa shape index (κ1) is 14.2. The van der Waals surface area contributed by atoms with Gasteiger partial charge in [-0.3, -0.25) is 4.79 Å². The van der Waals surface area contributed by atoms with E-state index in [4.69, 9.17) is 5.73 Å². The summed E-state index contributed by atoms with van der Waals surface area (Å²) in [7, 11) is 0. The number of nitro groups is 1. The topological polar surface area (TPSA) is 114 Å². The Hall–Kier alpha value is -1.89. The molecule has 1 aromatic heterocycles. The molecule has 1 unspecified atom stereocenters. The molecule has 0 radical (unpaired) electrons. The van der Waals surface area contributed by atoms with Crippen LogP contribution in [0.25, 0.3) is 0 Å². The molecule has 100 valence electrons. The summed E-state index contributed by atoms with van der Waals surface area (Å²) in [4.78, 5) is 24.1. The van der Waals surface area contributed by atoms with E-state index in [1.807, 2.05) is 0 Å². The molecule has 0 saturated carbocycles. The SMILES string of the molecule is CCCCC(CN)NC(=O)c1ccc([N+](=O)[O-])[nH]1. The van der Waals surface area contributed by atoms with Crippen molar-refractivity contribution in [2.45, 2.75) is 32.2 Å². The maximum atomic E-state index is 11.8. The lowest BCUT2D eigenvalue weighted by molar-refractivity contribution is -0.389. The van der Waals surface area contributed by atoms with Gasteiger partial charge in [0.1, 0.15) is 0 Å². The third-order valence-electron chi connectivity index (χ3n) is 2.64. The number of unbranched alkanes of at least 4 members (excludes halogenated alkanes) is 1. The molecule has 0 aliphatic heterocycles. The lowest BCUT2D eigenvalue weighted by Gasteiger charge is -2.14. The van der Waals surface area contributed by atoms with Crippen molar-refractivity contribution in [3.63, 3.8) is 0 Å². The number of hydrogen-bond acceptors (Lipinski definition) is 4. The number of amides is 1. The van der Waals surface area contributed by atoms with Crippen LogP contribution in [0.5, 0.6) is 0 Å². The highest BCUT2D eigenvalue weighted by Gasteiger charge is 2.17. The summed E-state index contributed by atoms with van der Waals surface area (Å²) in [5, 5.41) is 13.2. The average Bonchev–Trinajstić information content (AvgIpc) is 2.83. The van der Waals surface area contributed by atoms with Crippen molar-refractivity contribution in [3.05, 3.63) is 27.9 Å². The molecule has 0 saturated heterocycles. The van der Waals surface area contributed by atoms with Gasteiger partial charge in [-0.15, -0.1) is 0 Å². The Labute approximate surface area is 105 Å². The van der Waals surface area contributed by atoms with Gasteiger partial charge in [0.2, 0.25) is 0 Å². The predicted molar refractivity (Wildman–Crippen MR) is 67.3 cm³/mol. The fourth-order valence-electron chi connectivity index (χ4n) is 1.59. The van der Waals surface area contributed by atoms with E-state index < -0.39 is 4.92 Å². The molecule has 4 N–H and O–H groups in total. The number of nitrogens with two attached hydrogens (primary N) is 1. The van der Waals surface area contributed by atoms with Crippen molar-refractivity contribution in [2.24, 2.45) is 5.73 Å². The Morgan fingerprint density at radius 2 is 2.33 bits per heavy atom. The Morgan fingerprint density at radius 3 is 2.83 bits per heavy atom. The molecule has 0 spiro atoms. The lowest BCUT2D eigenvalue weighted by Crippen LogP contribution is -2.40. The normalized spacial score (nSPS) is 12.1. The van der Waals surface area contributed by atoms with Crippen LogP contribution in [-0.4, -0.2) is 28.4 Å². The molecule has 1 atom stereocenters. The van der Waals surface area contributed by atoms with E-state index in [1.165, 1.54) is 12.1 Å². The Kier molecular flexibility index (Phi) is 5.31. The van der Waals surface area contributed by atoms with Crippen molar-refractivity contribution in [1.29, 1.82) is 0 Å². The number of hydrogen-bond donors (Lipinski definition) is 3. The largest absolute Gasteiger partial charge is 0.358 e. The smallest absolute Gasteiger partial charge is 0.321 e. The highest BCUT2D eigenvalue weighted by atomic mass is 16.6. The number of aromatic nitrogens is 1. The molecule has 1 heterocycles. The maximum Gasteiger partial charge on any atom is 0.321 e. The van der Waals surface area contributed by atoms with E-state index in [-0.39, 0.29) is 23.5 Å². The average molecular weight is 254 g/mol. The molecule has 0 aliphatic rings. The Morgan fingerprint density at radius 1 is 1.61 bits per heavy atom. The fourth-order valence-corrected chi connectivity index (χ4v) is 1.59. The minimum atomic E-state index is -0.575. The first-order chi connectivity index (χ1) is 8.58. The van der Waals surface area contributed by atoms with Crippen molar-refractivity contribution in [2.75, 3.05) is 6.54 Å². The summed E-state index contributed by atoms with van der Waals surface area (Å²) >= 11 is 0. The third kappa shape index (κ3) is 3.85. The number of aromatic amines is 1. The lowest BCUT2D eigenvalue weighted by atomic mass is 10.1. The molecule has 1 aromatic rings. The van der Waals surface area contributed by atoms with Crippen molar-refractivity contribution < 1.29 is 9.72 Å². The zero-order valence-corrected chi connectivity index (χ0v) is 10.3. The molecule has 0 aromatic carbocycles. The van der Waals surface area contributed by atoms with Crippen LogP contribution in [0.2, 0.25) is 0 Å². The monoisotopic (exact) mass is 254 g/mol. The third-order valence-corrected chi connectivity index (χ3v) is 2.64. The molecule has 0 bridgehead atoms. The maximum absolute atomic E-state index is 11.8. The van der Waals surface area contributed by atoms with Crippen LogP contribution in [-0.2, 0) is 0 Å². The van der Waals surface area contributed by atoms with Crippen LogP contribution in [0.15, 0.2) is 12.1 Å². The van der Waals surface area contributed by atoms with Crippen LogP contribution in [0.1, 0.15) is 36.7 Å². The number of carbonyl (C=O) groups excluding carboxylic acids is 1. The van der Waals surface area contributed by atoms with Crippen LogP contribution >= 0.6 is 0 Å². The van der Waals surface area contributed by atoms with Gasteiger partial charge >= 0.3 is 5.82 Å². The van der Waals surface area contributed by atoms with E-state index in [1.54, 1.807) is 0 Å². The van der Waals surface area contributed by atoms with Crippen molar-refractivity contribution >= 4 is 11.7 Å². The predicted octanol–water partition coefficient (Wildman–Crippen LogP) is 1.17. The summed E-state index contributed by atoms with van der Waals surface area (Å²) in [5.74, 6) is -0.562. The minimum Gasteiger partial charge on any atom is -0.358 e. The van der Waals surface area contributed by atoms with Crippen molar-refractivity contribution in [1.82, 2.24) is 10.3 Å². The molecular formula is C11H18N4O3. The zero-order valence-electron chi connectivity index (χ0n) is 10.3. The van der Waals surface area contributed by atoms with Gasteiger partial charge in [-0.2, -0.15) is 0 Å². The van der Waals surface area contributed by atoms with Gasteiger partial charge in [0.15, 0.2) is 5.69 Å². The molecular weight excluding hydrogens is 236 g/mol. The number of H-pyrrole nitrogens is 1. The Bertz CT molecular complexity index is 416. The van der Waals surface area contributed by atoms with Crippen LogP contribution in [0.4, 0.5) is 5.82 Å². The summed E-state index contributed by atoms with van der Waals surface area (Å²) in [6, 6.07) is 2.55. The minimum absolute atomic E-state index is 0.0974. The molecule has 7 heteroatoms. The van der Waals surface area contributed by atoms with E-state index >= 15 is 0 Å². The highest BCUT2D eigenvalue weighted by molar-refractivity contribution is 5.93. The van der Waals surface area contributed by atoms with Gasteiger partial charge < -0.3 is 21.2 Å². The van der Waals surface area contributed by atoms with E-state index in [0.29, 0.717) is 6.54 Å². The molecule has 0 fully saturated rings. The second-order valence-corrected chi connectivity index (χ2v) is 4.06. The van der Waals surface area contributed by atoms with Gasteiger partial charge in [0, 0.05) is 18.7 Å². The first-order valence-corrected chi connectivity index (χ1v) is 5.92. The van der Waals surface area contributed by atoms with Gasteiger partial charge in [0.05, 0.1) is 0 Å². The number of carbonyl (C=O) groups is 1. The summed E-state index contributed by atoms with van der Waals surface area (Å²) in [6.07, 6.45) is 2.81. The molecule has 18 heavy (non-hydrogen) atoms. The van der Waals surface area contributed by atoms with E-state index in [0.717, 1.165) is 19.3 Å². The second-order valence-electron chi connectivity index (χ2n) is 4.06. The molecule has 1 amide bonds. The molecule has 0 aliphatic carbocycles. The number of nitrogens with one attached hydrogen (secondary N) is 2. The van der Waals surface area contributed by atoms with Crippen molar-refractivity contribution in [3.8, 4) is 0 Å². The van der Waals surface area contributed by atoms with Crippen LogP contribution in [0.3, 0.4) is 0 Å². The van der Waals surface area contributed by atoms with Crippen LogP contribution < -0.4 is 11.1 Å². The highest BCUT2D eigenvalue weighted by Crippen LogP contribution is 2.10. The Balaban J connectivity index is 2.59. The zero-order chi connectivity index (χ0) is 13.5. The molecule has 1 rings (SSSR count). The summed E-state index contributed by atoms with van der Waals surface area (Å²) in [6.45, 7) is 2.41. The van der Waals surface area contributed by atoms with E-state index in [2.05, 4.69) is 17.2 Å². The number of rotatable bonds is 7. The summed E-state index contributed by atoms with van der Waals surface area (Å²) in [5.41, 5.74) is 5.74. The van der Waals surface area contributed by atoms with E-state index in [9.17, 15) is 14.9 Å². The van der Waals surface area contributed by atoms with Crippen LogP contribution in [0, 0.1) is 10.1 Å². The first-order valence-electron chi connectivity index (χ1n) is 5.92.